The van der Waals surface area contributed by atoms with Crippen molar-refractivity contribution in [2.45, 2.75) is 57.3 Å². The van der Waals surface area contributed by atoms with Crippen molar-refractivity contribution in [2.24, 2.45) is 0 Å². The average Bonchev–Trinajstić information content (AvgIpc) is 3.06. The Morgan fingerprint density at radius 3 is 2.83 bits per heavy atom. The molecule has 0 radical (unpaired) electrons. The van der Waals surface area contributed by atoms with Gasteiger partial charge in [-0.15, -0.1) is 0 Å². The predicted molar refractivity (Wildman–Crippen MR) is 69.1 cm³/mol. The van der Waals surface area contributed by atoms with Crippen LogP contribution in [0.3, 0.4) is 0 Å². The Morgan fingerprint density at radius 1 is 1.44 bits per heavy atom. The second kappa shape index (κ2) is 4.67. The molecule has 1 aromatic heterocycles. The Labute approximate surface area is 111 Å². The van der Waals surface area contributed by atoms with E-state index < -0.39 is 0 Å². The Morgan fingerprint density at radius 2 is 2.22 bits per heavy atom. The molecule has 18 heavy (non-hydrogen) atoms. The second-order valence-electron chi connectivity index (χ2n) is 5.31. The molecule has 4 nitrogen and oxygen atoms in total. The molecule has 1 saturated carbocycles. The lowest BCUT2D eigenvalue weighted by atomic mass is 10.2. The molecule has 0 spiro atoms. The summed E-state index contributed by atoms with van der Waals surface area (Å²) in [6, 6.07) is 1.39. The van der Waals surface area contributed by atoms with Gasteiger partial charge in [-0.3, -0.25) is 9.36 Å². The monoisotopic (exact) mass is 268 g/mol. The van der Waals surface area contributed by atoms with Gasteiger partial charge in [0, 0.05) is 12.0 Å². The molecule has 3 rings (SSSR count). The highest BCUT2D eigenvalue weighted by Gasteiger charge is 2.31. The van der Waals surface area contributed by atoms with Crippen molar-refractivity contribution in [1.82, 2.24) is 9.55 Å². The van der Waals surface area contributed by atoms with Gasteiger partial charge in [-0.2, -0.15) is 0 Å². The molecule has 0 N–H and O–H groups in total. The number of ether oxygens (including phenoxy) is 1. The summed E-state index contributed by atoms with van der Waals surface area (Å²) in [6.07, 6.45) is 4.73. The highest BCUT2D eigenvalue weighted by Crippen LogP contribution is 2.39. The highest BCUT2D eigenvalue weighted by atomic mass is 35.5. The van der Waals surface area contributed by atoms with Gasteiger partial charge in [0.1, 0.15) is 11.0 Å². The van der Waals surface area contributed by atoms with Crippen LogP contribution in [0.1, 0.15) is 44.3 Å². The van der Waals surface area contributed by atoms with Crippen LogP contribution in [0.15, 0.2) is 10.9 Å². The summed E-state index contributed by atoms with van der Waals surface area (Å²) in [6.45, 7) is 2.68. The third-order valence-corrected chi connectivity index (χ3v) is 3.85. The molecule has 0 aromatic carbocycles. The van der Waals surface area contributed by atoms with Crippen LogP contribution in [-0.2, 0) is 11.3 Å². The maximum Gasteiger partial charge on any atom is 0.255 e. The fourth-order valence-corrected chi connectivity index (χ4v) is 2.73. The molecule has 98 valence electrons. The van der Waals surface area contributed by atoms with E-state index in [0.29, 0.717) is 23.7 Å². The molecule has 2 heterocycles. The van der Waals surface area contributed by atoms with E-state index in [1.54, 1.807) is 4.57 Å². The topological polar surface area (TPSA) is 44.1 Å². The summed E-state index contributed by atoms with van der Waals surface area (Å²) in [5.41, 5.74) is -0.0555. The van der Waals surface area contributed by atoms with Crippen molar-refractivity contribution in [3.8, 4) is 0 Å². The number of rotatable bonds is 3. The molecule has 2 atom stereocenters. The molecule has 1 aromatic rings. The third kappa shape index (κ3) is 2.45. The van der Waals surface area contributed by atoms with Crippen molar-refractivity contribution in [1.29, 1.82) is 0 Å². The summed E-state index contributed by atoms with van der Waals surface area (Å²) in [5, 5.41) is 0.304. The molecular weight excluding hydrogens is 252 g/mol. The largest absolute Gasteiger partial charge is 0.373 e. The molecule has 0 amide bonds. The van der Waals surface area contributed by atoms with E-state index in [1.165, 1.54) is 6.07 Å². The zero-order valence-electron chi connectivity index (χ0n) is 10.4. The molecule has 1 aliphatic carbocycles. The standard InChI is InChI=1S/C13H17ClN2O2/c1-8-2-5-10(18-8)7-16-12(17)6-11(14)15-13(16)9-3-4-9/h6,8-10H,2-5,7H2,1H3. The van der Waals surface area contributed by atoms with E-state index in [2.05, 4.69) is 11.9 Å². The molecule has 2 aliphatic rings. The summed E-state index contributed by atoms with van der Waals surface area (Å²) < 4.78 is 7.54. The molecule has 1 aliphatic heterocycles. The maximum absolute atomic E-state index is 12.0. The van der Waals surface area contributed by atoms with Crippen LogP contribution in [0.4, 0.5) is 0 Å². The van der Waals surface area contributed by atoms with E-state index in [9.17, 15) is 4.79 Å². The van der Waals surface area contributed by atoms with Crippen LogP contribution in [0, 0.1) is 0 Å². The Hall–Kier alpha value is -0.870. The normalized spacial score (nSPS) is 27.7. The van der Waals surface area contributed by atoms with Crippen molar-refractivity contribution >= 4 is 11.6 Å². The zero-order chi connectivity index (χ0) is 12.7. The first-order valence-electron chi connectivity index (χ1n) is 6.56. The van der Waals surface area contributed by atoms with Crippen LogP contribution in [-0.4, -0.2) is 21.8 Å². The van der Waals surface area contributed by atoms with Gasteiger partial charge in [-0.05, 0) is 32.6 Å². The SMILES string of the molecule is CC1CCC(Cn2c(C3CC3)nc(Cl)cc2=O)O1. The van der Waals surface area contributed by atoms with Crippen LogP contribution in [0.25, 0.3) is 0 Å². The number of hydrogen-bond acceptors (Lipinski definition) is 3. The number of nitrogens with zero attached hydrogens (tertiary/aromatic N) is 2. The lowest BCUT2D eigenvalue weighted by Crippen LogP contribution is -2.29. The van der Waals surface area contributed by atoms with E-state index in [4.69, 9.17) is 16.3 Å². The first kappa shape index (κ1) is 12.2. The number of halogens is 1. The van der Waals surface area contributed by atoms with Crippen molar-refractivity contribution < 1.29 is 4.74 Å². The summed E-state index contributed by atoms with van der Waals surface area (Å²) in [4.78, 5) is 16.4. The smallest absolute Gasteiger partial charge is 0.255 e. The van der Waals surface area contributed by atoms with Gasteiger partial charge >= 0.3 is 0 Å². The maximum atomic E-state index is 12.0. The summed E-state index contributed by atoms with van der Waals surface area (Å²) in [7, 11) is 0. The van der Waals surface area contributed by atoms with Gasteiger partial charge in [0.15, 0.2) is 0 Å². The van der Waals surface area contributed by atoms with E-state index in [1.807, 2.05) is 0 Å². The van der Waals surface area contributed by atoms with Gasteiger partial charge in [-0.1, -0.05) is 11.6 Å². The Kier molecular flexibility index (Phi) is 3.16. The Bertz CT molecular complexity index is 510. The highest BCUT2D eigenvalue weighted by molar-refractivity contribution is 6.29. The molecular formula is C13H17ClN2O2. The third-order valence-electron chi connectivity index (χ3n) is 3.66. The minimum atomic E-state index is -0.0555. The van der Waals surface area contributed by atoms with Gasteiger partial charge in [-0.25, -0.2) is 4.98 Å². The van der Waals surface area contributed by atoms with Gasteiger partial charge in [0.05, 0.1) is 18.8 Å². The lowest BCUT2D eigenvalue weighted by Gasteiger charge is -2.16. The summed E-state index contributed by atoms with van der Waals surface area (Å²) >= 11 is 5.88. The van der Waals surface area contributed by atoms with Gasteiger partial charge in [0.2, 0.25) is 0 Å². The van der Waals surface area contributed by atoms with Gasteiger partial charge in [0.25, 0.3) is 5.56 Å². The van der Waals surface area contributed by atoms with E-state index in [-0.39, 0.29) is 11.7 Å². The molecule has 5 heteroatoms. The molecule has 2 unspecified atom stereocenters. The van der Waals surface area contributed by atoms with E-state index >= 15 is 0 Å². The second-order valence-corrected chi connectivity index (χ2v) is 5.69. The fourth-order valence-electron chi connectivity index (χ4n) is 2.55. The average molecular weight is 269 g/mol. The van der Waals surface area contributed by atoms with Crippen molar-refractivity contribution in [3.63, 3.8) is 0 Å². The predicted octanol–water partition coefficient (Wildman–Crippen LogP) is 2.34. The van der Waals surface area contributed by atoms with Crippen molar-refractivity contribution in [2.75, 3.05) is 0 Å². The zero-order valence-corrected chi connectivity index (χ0v) is 11.2. The first-order chi connectivity index (χ1) is 8.63. The van der Waals surface area contributed by atoms with Crippen LogP contribution in [0.2, 0.25) is 5.15 Å². The summed E-state index contributed by atoms with van der Waals surface area (Å²) in [5.74, 6) is 1.26. The van der Waals surface area contributed by atoms with Crippen LogP contribution < -0.4 is 5.56 Å². The minimum Gasteiger partial charge on any atom is -0.373 e. The number of hydrogen-bond donors (Lipinski definition) is 0. The van der Waals surface area contributed by atoms with Crippen molar-refractivity contribution in [3.05, 3.63) is 27.4 Å². The number of aromatic nitrogens is 2. The fraction of sp³-hybridized carbons (Fsp3) is 0.692. The quantitative estimate of drug-likeness (QED) is 0.791. The molecule has 1 saturated heterocycles. The minimum absolute atomic E-state index is 0.0555. The van der Waals surface area contributed by atoms with Gasteiger partial charge < -0.3 is 4.74 Å². The molecule has 2 fully saturated rings. The molecule has 0 bridgehead atoms. The Balaban J connectivity index is 1.88. The lowest BCUT2D eigenvalue weighted by molar-refractivity contribution is 0.0444. The first-order valence-corrected chi connectivity index (χ1v) is 6.94. The van der Waals surface area contributed by atoms with E-state index in [0.717, 1.165) is 31.5 Å². The van der Waals surface area contributed by atoms with Crippen LogP contribution >= 0.6 is 11.6 Å². The van der Waals surface area contributed by atoms with Crippen LogP contribution in [0.5, 0.6) is 0 Å².